The molecule has 1 fully saturated rings. The van der Waals surface area contributed by atoms with Gasteiger partial charge in [-0.15, -0.1) is 0 Å². The van der Waals surface area contributed by atoms with E-state index in [2.05, 4.69) is 5.10 Å². The van der Waals surface area contributed by atoms with E-state index >= 15 is 0 Å². The fraction of sp³-hybridized carbons (Fsp3) is 0.381. The highest BCUT2D eigenvalue weighted by molar-refractivity contribution is 7.89. The van der Waals surface area contributed by atoms with Gasteiger partial charge in [0.2, 0.25) is 10.0 Å². The van der Waals surface area contributed by atoms with Crippen LogP contribution in [0.2, 0.25) is 0 Å². The maximum absolute atomic E-state index is 13.3. The topological polar surface area (TPSA) is 102 Å². The second-order valence-electron chi connectivity index (χ2n) is 7.52. The van der Waals surface area contributed by atoms with Crippen molar-refractivity contribution in [2.24, 2.45) is 0 Å². The molecule has 158 valence electrons. The number of benzene rings is 1. The fourth-order valence-electron chi connectivity index (χ4n) is 3.94. The molecule has 1 aliphatic rings. The smallest absolute Gasteiger partial charge is 0.349 e. The largest absolute Gasteiger partial charge is 0.422 e. The highest BCUT2D eigenvalue weighted by Crippen LogP contribution is 2.26. The zero-order valence-corrected chi connectivity index (χ0v) is 17.7. The SMILES string of the molecule is Cc1nn(C(=O)c2cc3ccccc3oc2=O)c(C)c1S(=O)(=O)N1CCCCCC1. The highest BCUT2D eigenvalue weighted by Gasteiger charge is 2.33. The van der Waals surface area contributed by atoms with Gasteiger partial charge in [0.05, 0.1) is 11.4 Å². The van der Waals surface area contributed by atoms with Gasteiger partial charge in [-0.05, 0) is 38.8 Å². The van der Waals surface area contributed by atoms with Gasteiger partial charge < -0.3 is 4.42 Å². The molecular formula is C21H23N3O5S. The molecule has 0 N–H and O–H groups in total. The number of aromatic nitrogens is 2. The summed E-state index contributed by atoms with van der Waals surface area (Å²) in [6.45, 7) is 4.00. The molecule has 0 bridgehead atoms. The van der Waals surface area contributed by atoms with Gasteiger partial charge in [0.15, 0.2) is 0 Å². The number of hydrogen-bond donors (Lipinski definition) is 0. The van der Waals surface area contributed by atoms with Gasteiger partial charge in [0.1, 0.15) is 16.0 Å². The summed E-state index contributed by atoms with van der Waals surface area (Å²) < 4.78 is 34.3. The lowest BCUT2D eigenvalue weighted by molar-refractivity contribution is 0.0938. The Morgan fingerprint density at radius 1 is 1.07 bits per heavy atom. The van der Waals surface area contributed by atoms with E-state index in [1.54, 1.807) is 31.2 Å². The maximum atomic E-state index is 13.3. The first kappa shape index (κ1) is 20.5. The van der Waals surface area contributed by atoms with E-state index in [0.29, 0.717) is 24.1 Å². The van der Waals surface area contributed by atoms with Gasteiger partial charge in [-0.25, -0.2) is 13.2 Å². The Bertz CT molecular complexity index is 1280. The molecule has 3 aromatic rings. The van der Waals surface area contributed by atoms with Crippen LogP contribution in [0.1, 0.15) is 47.4 Å². The number of nitrogens with zero attached hydrogens (tertiary/aromatic N) is 3. The van der Waals surface area contributed by atoms with Crippen LogP contribution in [0.4, 0.5) is 0 Å². The molecule has 3 heterocycles. The quantitative estimate of drug-likeness (QED) is 0.593. The van der Waals surface area contributed by atoms with Crippen molar-refractivity contribution in [3.8, 4) is 0 Å². The second kappa shape index (κ2) is 7.81. The Kier molecular flexibility index (Phi) is 5.33. The van der Waals surface area contributed by atoms with Crippen molar-refractivity contribution in [3.63, 3.8) is 0 Å². The van der Waals surface area contributed by atoms with E-state index in [1.807, 2.05) is 0 Å². The molecule has 2 aromatic heterocycles. The lowest BCUT2D eigenvalue weighted by Gasteiger charge is -2.20. The molecule has 0 amide bonds. The highest BCUT2D eigenvalue weighted by atomic mass is 32.2. The molecule has 0 atom stereocenters. The maximum Gasteiger partial charge on any atom is 0.349 e. The van der Waals surface area contributed by atoms with Gasteiger partial charge in [-0.2, -0.15) is 14.1 Å². The molecule has 0 unspecified atom stereocenters. The summed E-state index contributed by atoms with van der Waals surface area (Å²) >= 11 is 0. The first-order valence-electron chi connectivity index (χ1n) is 9.94. The van der Waals surface area contributed by atoms with Crippen LogP contribution in [0, 0.1) is 13.8 Å². The zero-order valence-electron chi connectivity index (χ0n) is 16.9. The van der Waals surface area contributed by atoms with E-state index in [0.717, 1.165) is 30.4 Å². The molecule has 1 saturated heterocycles. The molecular weight excluding hydrogens is 406 g/mol. The van der Waals surface area contributed by atoms with Crippen LogP contribution in [-0.4, -0.2) is 41.5 Å². The molecule has 0 aliphatic carbocycles. The second-order valence-corrected chi connectivity index (χ2v) is 9.40. The van der Waals surface area contributed by atoms with Crippen LogP contribution in [0.3, 0.4) is 0 Å². The third kappa shape index (κ3) is 3.48. The molecule has 1 aromatic carbocycles. The summed E-state index contributed by atoms with van der Waals surface area (Å²) in [5.74, 6) is -0.715. The van der Waals surface area contributed by atoms with E-state index < -0.39 is 21.6 Å². The average molecular weight is 429 g/mol. The van der Waals surface area contributed by atoms with Gasteiger partial charge in [0.25, 0.3) is 5.91 Å². The summed E-state index contributed by atoms with van der Waals surface area (Å²) in [6, 6.07) is 8.31. The van der Waals surface area contributed by atoms with E-state index in [-0.39, 0.29) is 21.8 Å². The van der Waals surface area contributed by atoms with E-state index in [1.165, 1.54) is 17.3 Å². The summed E-state index contributed by atoms with van der Waals surface area (Å²) in [5, 5.41) is 4.77. The van der Waals surface area contributed by atoms with Crippen LogP contribution in [0.5, 0.6) is 0 Å². The standard InChI is InChI=1S/C21H23N3O5S/c1-14-19(30(27,28)23-11-7-3-4-8-12-23)15(2)24(22-14)20(25)17-13-16-9-5-6-10-18(16)29-21(17)26/h5-6,9-10,13H,3-4,7-8,11-12H2,1-2H3. The normalized spacial score (nSPS) is 15.9. The third-order valence-corrected chi connectivity index (χ3v) is 7.60. The molecule has 30 heavy (non-hydrogen) atoms. The lowest BCUT2D eigenvalue weighted by Crippen LogP contribution is -2.32. The van der Waals surface area contributed by atoms with Crippen molar-refractivity contribution in [3.05, 3.63) is 57.7 Å². The van der Waals surface area contributed by atoms with Crippen molar-refractivity contribution in [1.29, 1.82) is 0 Å². The molecule has 1 aliphatic heterocycles. The monoisotopic (exact) mass is 429 g/mol. The number of carbonyl (C=O) groups is 1. The van der Waals surface area contributed by atoms with Gasteiger partial charge in [-0.3, -0.25) is 4.79 Å². The fourth-order valence-corrected chi connectivity index (χ4v) is 5.81. The van der Waals surface area contributed by atoms with Crippen molar-refractivity contribution in [2.45, 2.75) is 44.4 Å². The summed E-state index contributed by atoms with van der Waals surface area (Å²) in [6.07, 6.45) is 3.62. The van der Waals surface area contributed by atoms with E-state index in [4.69, 9.17) is 4.42 Å². The Morgan fingerprint density at radius 3 is 2.43 bits per heavy atom. The number of aryl methyl sites for hydroxylation is 1. The number of rotatable bonds is 3. The van der Waals surface area contributed by atoms with Crippen LogP contribution in [0.25, 0.3) is 11.0 Å². The Morgan fingerprint density at radius 2 is 1.73 bits per heavy atom. The van der Waals surface area contributed by atoms with Crippen molar-refractivity contribution in [1.82, 2.24) is 14.1 Å². The number of carbonyl (C=O) groups excluding carboxylic acids is 1. The number of fused-ring (bicyclic) bond motifs is 1. The van der Waals surface area contributed by atoms with Crippen molar-refractivity contribution < 1.29 is 17.6 Å². The number of para-hydroxylation sites is 1. The van der Waals surface area contributed by atoms with Gasteiger partial charge in [-0.1, -0.05) is 31.0 Å². The zero-order chi connectivity index (χ0) is 21.5. The van der Waals surface area contributed by atoms with Crippen molar-refractivity contribution >= 4 is 26.9 Å². The molecule has 8 nitrogen and oxygen atoms in total. The number of hydrogen-bond acceptors (Lipinski definition) is 6. The predicted octanol–water partition coefficient (Wildman–Crippen LogP) is 2.86. The Balaban J connectivity index is 1.78. The number of sulfonamides is 1. The Hall–Kier alpha value is -2.78. The minimum atomic E-state index is -3.79. The van der Waals surface area contributed by atoms with Gasteiger partial charge in [0, 0.05) is 18.5 Å². The predicted molar refractivity (Wildman–Crippen MR) is 111 cm³/mol. The van der Waals surface area contributed by atoms with E-state index in [9.17, 15) is 18.0 Å². The summed E-state index contributed by atoms with van der Waals surface area (Å²) in [5.41, 5.74) is -0.192. The van der Waals surface area contributed by atoms with Gasteiger partial charge >= 0.3 is 5.63 Å². The Labute approximate surface area is 174 Å². The third-order valence-electron chi connectivity index (χ3n) is 5.45. The average Bonchev–Trinajstić information content (AvgIpc) is 2.89. The molecule has 4 rings (SSSR count). The minimum absolute atomic E-state index is 0.0305. The first-order chi connectivity index (χ1) is 14.3. The minimum Gasteiger partial charge on any atom is -0.422 e. The lowest BCUT2D eigenvalue weighted by atomic mass is 10.2. The first-order valence-corrected chi connectivity index (χ1v) is 11.4. The molecule has 0 spiro atoms. The molecule has 9 heteroatoms. The summed E-state index contributed by atoms with van der Waals surface area (Å²) in [4.78, 5) is 25.5. The molecule has 0 radical (unpaired) electrons. The van der Waals surface area contributed by atoms with Crippen LogP contribution in [-0.2, 0) is 10.0 Å². The van der Waals surface area contributed by atoms with Crippen LogP contribution in [0.15, 0.2) is 44.4 Å². The van der Waals surface area contributed by atoms with Crippen LogP contribution >= 0.6 is 0 Å². The molecule has 0 saturated carbocycles. The van der Waals surface area contributed by atoms with Crippen LogP contribution < -0.4 is 5.63 Å². The summed E-state index contributed by atoms with van der Waals surface area (Å²) in [7, 11) is -3.79. The van der Waals surface area contributed by atoms with Crippen molar-refractivity contribution in [2.75, 3.05) is 13.1 Å².